The third-order valence-corrected chi connectivity index (χ3v) is 3.03. The quantitative estimate of drug-likeness (QED) is 0.774. The zero-order chi connectivity index (χ0) is 15.6. The lowest BCUT2D eigenvalue weighted by atomic mass is 10.1. The lowest BCUT2D eigenvalue weighted by molar-refractivity contribution is -0.137. The molecule has 0 bridgehead atoms. The molecule has 0 aromatic heterocycles. The average molecular weight is 331 g/mol. The summed E-state index contributed by atoms with van der Waals surface area (Å²) in [6.45, 7) is 0. The SMILES string of the molecule is N#Cc1ccc(Nc2cc(Cl)cc(Cl)c2)cc1C(F)(F)F. The van der Waals surface area contributed by atoms with E-state index in [0.29, 0.717) is 15.7 Å². The summed E-state index contributed by atoms with van der Waals surface area (Å²) < 4.78 is 38.6. The maximum Gasteiger partial charge on any atom is 0.417 e. The molecule has 2 aromatic rings. The van der Waals surface area contributed by atoms with Crippen LogP contribution in [-0.2, 0) is 6.18 Å². The third kappa shape index (κ3) is 3.81. The fraction of sp³-hybridized carbons (Fsp3) is 0.0714. The van der Waals surface area contributed by atoms with Gasteiger partial charge in [-0.3, -0.25) is 0 Å². The van der Waals surface area contributed by atoms with Gasteiger partial charge < -0.3 is 5.32 Å². The van der Waals surface area contributed by atoms with E-state index in [1.54, 1.807) is 0 Å². The number of nitrogens with zero attached hydrogens (tertiary/aromatic N) is 1. The van der Waals surface area contributed by atoms with E-state index in [0.717, 1.165) is 12.1 Å². The van der Waals surface area contributed by atoms with E-state index in [2.05, 4.69) is 5.32 Å². The summed E-state index contributed by atoms with van der Waals surface area (Å²) >= 11 is 11.6. The van der Waals surface area contributed by atoms with Crippen molar-refractivity contribution in [2.75, 3.05) is 5.32 Å². The molecule has 0 saturated carbocycles. The number of anilines is 2. The van der Waals surface area contributed by atoms with Crippen molar-refractivity contribution >= 4 is 34.6 Å². The zero-order valence-corrected chi connectivity index (χ0v) is 11.8. The van der Waals surface area contributed by atoms with Gasteiger partial charge in [-0.05, 0) is 36.4 Å². The molecule has 2 nitrogen and oxygen atoms in total. The summed E-state index contributed by atoms with van der Waals surface area (Å²) in [6, 6.07) is 9.44. The molecule has 108 valence electrons. The molecule has 0 aliphatic heterocycles. The van der Waals surface area contributed by atoms with Gasteiger partial charge in [0, 0.05) is 21.4 Å². The van der Waals surface area contributed by atoms with Crippen molar-refractivity contribution in [1.82, 2.24) is 0 Å². The molecular formula is C14H7Cl2F3N2. The third-order valence-electron chi connectivity index (χ3n) is 2.60. The van der Waals surface area contributed by atoms with Gasteiger partial charge >= 0.3 is 6.18 Å². The van der Waals surface area contributed by atoms with Gasteiger partial charge in [0.25, 0.3) is 0 Å². The molecule has 0 atom stereocenters. The Hall–Kier alpha value is -1.90. The van der Waals surface area contributed by atoms with Gasteiger partial charge in [-0.1, -0.05) is 23.2 Å². The highest BCUT2D eigenvalue weighted by Crippen LogP contribution is 2.34. The number of hydrogen-bond acceptors (Lipinski definition) is 2. The zero-order valence-electron chi connectivity index (χ0n) is 10.3. The number of alkyl halides is 3. The molecule has 0 saturated heterocycles. The fourth-order valence-electron chi connectivity index (χ4n) is 1.75. The number of hydrogen-bond donors (Lipinski definition) is 1. The van der Waals surface area contributed by atoms with Crippen molar-refractivity contribution in [3.8, 4) is 6.07 Å². The molecule has 2 aromatic carbocycles. The van der Waals surface area contributed by atoms with Gasteiger partial charge in [-0.15, -0.1) is 0 Å². The second-order valence-corrected chi connectivity index (χ2v) is 5.03. The lowest BCUT2D eigenvalue weighted by Gasteiger charge is -2.12. The fourth-order valence-corrected chi connectivity index (χ4v) is 2.27. The first kappa shape index (κ1) is 15.5. The topological polar surface area (TPSA) is 35.8 Å². The van der Waals surface area contributed by atoms with Crippen LogP contribution in [0, 0.1) is 11.3 Å². The Labute approximate surface area is 128 Å². The van der Waals surface area contributed by atoms with Crippen LogP contribution in [0.15, 0.2) is 36.4 Å². The monoisotopic (exact) mass is 330 g/mol. The molecule has 7 heteroatoms. The second kappa shape index (κ2) is 5.84. The molecule has 21 heavy (non-hydrogen) atoms. The normalized spacial score (nSPS) is 11.0. The Bertz CT molecular complexity index is 701. The summed E-state index contributed by atoms with van der Waals surface area (Å²) in [7, 11) is 0. The number of rotatable bonds is 2. The maximum atomic E-state index is 12.9. The van der Waals surface area contributed by atoms with Crippen molar-refractivity contribution in [3.05, 3.63) is 57.6 Å². The predicted molar refractivity (Wildman–Crippen MR) is 75.9 cm³/mol. The van der Waals surface area contributed by atoms with Crippen LogP contribution in [0.4, 0.5) is 24.5 Å². The molecule has 0 spiro atoms. The van der Waals surface area contributed by atoms with E-state index >= 15 is 0 Å². The lowest BCUT2D eigenvalue weighted by Crippen LogP contribution is -2.08. The van der Waals surface area contributed by atoms with Gasteiger partial charge in [0.1, 0.15) is 0 Å². The Morgan fingerprint density at radius 1 is 0.952 bits per heavy atom. The Balaban J connectivity index is 2.40. The summed E-state index contributed by atoms with van der Waals surface area (Å²) in [6.07, 6.45) is -4.60. The molecule has 0 aliphatic carbocycles. The average Bonchev–Trinajstić information content (AvgIpc) is 2.36. The molecule has 0 amide bonds. The predicted octanol–water partition coefficient (Wildman–Crippen LogP) is 5.63. The smallest absolute Gasteiger partial charge is 0.355 e. The highest BCUT2D eigenvalue weighted by molar-refractivity contribution is 6.35. The van der Waals surface area contributed by atoms with Crippen LogP contribution < -0.4 is 5.32 Å². The highest BCUT2D eigenvalue weighted by Gasteiger charge is 2.33. The Morgan fingerprint density at radius 3 is 2.10 bits per heavy atom. The summed E-state index contributed by atoms with van der Waals surface area (Å²) in [5.74, 6) is 0. The van der Waals surface area contributed by atoms with Crippen LogP contribution in [0.25, 0.3) is 0 Å². The Morgan fingerprint density at radius 2 is 1.57 bits per heavy atom. The number of nitriles is 1. The molecule has 0 aliphatic rings. The van der Waals surface area contributed by atoms with Gasteiger partial charge in [-0.25, -0.2) is 0 Å². The first-order valence-corrected chi connectivity index (χ1v) is 6.39. The van der Waals surface area contributed by atoms with E-state index in [-0.39, 0.29) is 5.69 Å². The summed E-state index contributed by atoms with van der Waals surface area (Å²) in [5, 5.41) is 12.2. The standard InChI is InChI=1S/C14H7Cl2F3N2/c15-9-3-10(16)5-12(4-9)21-11-2-1-8(7-20)13(6-11)14(17,18)19/h1-6,21H. The van der Waals surface area contributed by atoms with Crippen LogP contribution in [0.1, 0.15) is 11.1 Å². The minimum atomic E-state index is -4.60. The maximum absolute atomic E-state index is 12.9. The van der Waals surface area contributed by atoms with Crippen LogP contribution in [0.2, 0.25) is 10.0 Å². The molecule has 0 unspecified atom stereocenters. The summed E-state index contributed by atoms with van der Waals surface area (Å²) in [4.78, 5) is 0. The molecule has 2 rings (SSSR count). The first-order chi connectivity index (χ1) is 9.79. The molecule has 1 N–H and O–H groups in total. The van der Waals surface area contributed by atoms with Gasteiger partial charge in [0.15, 0.2) is 0 Å². The highest BCUT2D eigenvalue weighted by atomic mass is 35.5. The van der Waals surface area contributed by atoms with Crippen molar-refractivity contribution in [1.29, 1.82) is 5.26 Å². The van der Waals surface area contributed by atoms with Crippen LogP contribution in [0.5, 0.6) is 0 Å². The van der Waals surface area contributed by atoms with Crippen LogP contribution in [-0.4, -0.2) is 0 Å². The van der Waals surface area contributed by atoms with Gasteiger partial charge in [-0.2, -0.15) is 18.4 Å². The summed E-state index contributed by atoms with van der Waals surface area (Å²) in [5.41, 5.74) is -0.801. The molecule has 0 radical (unpaired) electrons. The van der Waals surface area contributed by atoms with E-state index < -0.39 is 17.3 Å². The minimum Gasteiger partial charge on any atom is -0.355 e. The van der Waals surface area contributed by atoms with Gasteiger partial charge in [0.05, 0.1) is 17.2 Å². The molecule has 0 heterocycles. The number of halogens is 5. The van der Waals surface area contributed by atoms with Gasteiger partial charge in [0.2, 0.25) is 0 Å². The van der Waals surface area contributed by atoms with E-state index in [1.165, 1.54) is 30.3 Å². The van der Waals surface area contributed by atoms with Crippen molar-refractivity contribution in [3.63, 3.8) is 0 Å². The van der Waals surface area contributed by atoms with Crippen molar-refractivity contribution < 1.29 is 13.2 Å². The van der Waals surface area contributed by atoms with E-state index in [1.807, 2.05) is 0 Å². The van der Waals surface area contributed by atoms with Crippen molar-refractivity contribution in [2.45, 2.75) is 6.18 Å². The second-order valence-electron chi connectivity index (χ2n) is 4.15. The van der Waals surface area contributed by atoms with E-state index in [9.17, 15) is 13.2 Å². The first-order valence-electron chi connectivity index (χ1n) is 5.64. The van der Waals surface area contributed by atoms with Crippen LogP contribution in [0.3, 0.4) is 0 Å². The van der Waals surface area contributed by atoms with Crippen LogP contribution >= 0.6 is 23.2 Å². The minimum absolute atomic E-state index is 0.180. The molecule has 0 fully saturated rings. The molecular weight excluding hydrogens is 324 g/mol. The Kier molecular flexibility index (Phi) is 4.31. The van der Waals surface area contributed by atoms with E-state index in [4.69, 9.17) is 28.5 Å². The largest absolute Gasteiger partial charge is 0.417 e. The van der Waals surface area contributed by atoms with Crippen molar-refractivity contribution in [2.24, 2.45) is 0 Å². The number of nitrogens with one attached hydrogen (secondary N) is 1. The number of benzene rings is 2.